The number of benzene rings is 1. The van der Waals surface area contributed by atoms with E-state index in [1.165, 1.54) is 0 Å². The molecular formula is C13H11Br2N3O. The maximum atomic E-state index is 12.1. The third kappa shape index (κ3) is 3.54. The Kier molecular flexibility index (Phi) is 4.55. The van der Waals surface area contributed by atoms with Gasteiger partial charge in [0.1, 0.15) is 11.5 Å². The number of anilines is 2. The van der Waals surface area contributed by atoms with Crippen molar-refractivity contribution in [2.75, 3.05) is 17.7 Å². The molecule has 0 aliphatic heterocycles. The maximum Gasteiger partial charge on any atom is 0.274 e. The highest BCUT2D eigenvalue weighted by atomic mass is 79.9. The van der Waals surface area contributed by atoms with Crippen molar-refractivity contribution in [3.05, 3.63) is 51.0 Å². The number of pyridine rings is 1. The average molecular weight is 385 g/mol. The molecule has 19 heavy (non-hydrogen) atoms. The summed E-state index contributed by atoms with van der Waals surface area (Å²) < 4.78 is 1.71. The number of hydrogen-bond acceptors (Lipinski definition) is 3. The van der Waals surface area contributed by atoms with Crippen LogP contribution in [0.2, 0.25) is 0 Å². The number of carbonyl (C=O) groups is 1. The lowest BCUT2D eigenvalue weighted by atomic mass is 10.3. The number of carbonyl (C=O) groups excluding carboxylic acids is 1. The van der Waals surface area contributed by atoms with Gasteiger partial charge in [0, 0.05) is 16.0 Å². The summed E-state index contributed by atoms with van der Waals surface area (Å²) in [6.07, 6.45) is 0. The fourth-order valence-corrected chi connectivity index (χ4v) is 2.19. The first-order valence-electron chi connectivity index (χ1n) is 5.51. The Bertz CT molecular complexity index is 617. The standard InChI is InChI=1S/C13H11Br2N3O/c1-16-12-4-2-3-10(17-12)13(19)18-11-7-8(14)5-6-9(11)15/h2-7H,1H3,(H,16,17)(H,18,19). The minimum atomic E-state index is -0.254. The van der Waals surface area contributed by atoms with E-state index in [-0.39, 0.29) is 5.91 Å². The van der Waals surface area contributed by atoms with Crippen LogP contribution in [0.1, 0.15) is 10.5 Å². The number of hydrogen-bond donors (Lipinski definition) is 2. The molecule has 1 aromatic carbocycles. The van der Waals surface area contributed by atoms with E-state index in [0.29, 0.717) is 17.2 Å². The number of amides is 1. The number of halogens is 2. The normalized spacial score (nSPS) is 10.1. The van der Waals surface area contributed by atoms with E-state index < -0.39 is 0 Å². The third-order valence-electron chi connectivity index (χ3n) is 2.41. The van der Waals surface area contributed by atoms with Crippen LogP contribution in [-0.4, -0.2) is 17.9 Å². The lowest BCUT2D eigenvalue weighted by molar-refractivity contribution is 0.102. The molecular weight excluding hydrogens is 374 g/mol. The number of nitrogens with zero attached hydrogens (tertiary/aromatic N) is 1. The highest BCUT2D eigenvalue weighted by molar-refractivity contribution is 9.11. The molecule has 6 heteroatoms. The fraction of sp³-hybridized carbons (Fsp3) is 0.0769. The number of rotatable bonds is 3. The summed E-state index contributed by atoms with van der Waals surface area (Å²) in [5, 5.41) is 5.71. The zero-order valence-electron chi connectivity index (χ0n) is 10.1. The van der Waals surface area contributed by atoms with Crippen molar-refractivity contribution in [2.45, 2.75) is 0 Å². The van der Waals surface area contributed by atoms with E-state index in [9.17, 15) is 4.79 Å². The maximum absolute atomic E-state index is 12.1. The molecule has 1 aromatic heterocycles. The predicted octanol–water partition coefficient (Wildman–Crippen LogP) is 3.90. The van der Waals surface area contributed by atoms with Crippen molar-refractivity contribution in [1.82, 2.24) is 4.98 Å². The molecule has 0 unspecified atom stereocenters. The van der Waals surface area contributed by atoms with E-state index in [0.717, 1.165) is 8.95 Å². The molecule has 0 radical (unpaired) electrons. The topological polar surface area (TPSA) is 54.0 Å². The molecule has 98 valence electrons. The molecule has 0 aliphatic carbocycles. The molecule has 0 fully saturated rings. The fourth-order valence-electron chi connectivity index (χ4n) is 1.48. The van der Waals surface area contributed by atoms with Crippen molar-refractivity contribution < 1.29 is 4.79 Å². The summed E-state index contributed by atoms with van der Waals surface area (Å²) in [6, 6.07) is 10.8. The van der Waals surface area contributed by atoms with E-state index in [2.05, 4.69) is 47.5 Å². The van der Waals surface area contributed by atoms with E-state index in [1.807, 2.05) is 18.2 Å². The highest BCUT2D eigenvalue weighted by Gasteiger charge is 2.10. The molecule has 1 amide bonds. The summed E-state index contributed by atoms with van der Waals surface area (Å²) in [5.41, 5.74) is 1.05. The second-order valence-electron chi connectivity index (χ2n) is 3.74. The Balaban J connectivity index is 2.22. The van der Waals surface area contributed by atoms with E-state index >= 15 is 0 Å². The summed E-state index contributed by atoms with van der Waals surface area (Å²) in [7, 11) is 1.76. The van der Waals surface area contributed by atoms with Crippen molar-refractivity contribution in [3.8, 4) is 0 Å². The predicted molar refractivity (Wildman–Crippen MR) is 83.6 cm³/mol. The monoisotopic (exact) mass is 383 g/mol. The molecule has 0 spiro atoms. The summed E-state index contributed by atoms with van der Waals surface area (Å²) in [5.74, 6) is 0.400. The van der Waals surface area contributed by atoms with Gasteiger partial charge >= 0.3 is 0 Å². The molecule has 1 heterocycles. The van der Waals surface area contributed by atoms with Gasteiger partial charge in [-0.3, -0.25) is 4.79 Å². The van der Waals surface area contributed by atoms with Gasteiger partial charge in [0.2, 0.25) is 0 Å². The van der Waals surface area contributed by atoms with Crippen LogP contribution in [0, 0.1) is 0 Å². The zero-order valence-corrected chi connectivity index (χ0v) is 13.2. The molecule has 0 atom stereocenters. The molecule has 0 saturated carbocycles. The van der Waals surface area contributed by atoms with Gasteiger partial charge in [0.05, 0.1) is 5.69 Å². The van der Waals surface area contributed by atoms with Crippen LogP contribution in [0.4, 0.5) is 11.5 Å². The van der Waals surface area contributed by atoms with Crippen molar-refractivity contribution in [2.24, 2.45) is 0 Å². The Morgan fingerprint density at radius 3 is 2.74 bits per heavy atom. The van der Waals surface area contributed by atoms with Crippen LogP contribution < -0.4 is 10.6 Å². The van der Waals surface area contributed by atoms with Gasteiger partial charge in [-0.25, -0.2) is 4.98 Å². The molecule has 4 nitrogen and oxygen atoms in total. The number of nitrogens with one attached hydrogen (secondary N) is 2. The van der Waals surface area contributed by atoms with Crippen molar-refractivity contribution in [1.29, 1.82) is 0 Å². The molecule has 2 rings (SSSR count). The largest absolute Gasteiger partial charge is 0.373 e. The second-order valence-corrected chi connectivity index (χ2v) is 5.51. The molecule has 2 N–H and O–H groups in total. The number of aromatic nitrogens is 1. The Labute approximate surface area is 127 Å². The third-order valence-corrected chi connectivity index (χ3v) is 3.60. The van der Waals surface area contributed by atoms with Gasteiger partial charge in [0.15, 0.2) is 0 Å². The molecule has 0 aliphatic rings. The summed E-state index contributed by atoms with van der Waals surface area (Å²) >= 11 is 6.76. The van der Waals surface area contributed by atoms with E-state index in [4.69, 9.17) is 0 Å². The SMILES string of the molecule is CNc1cccc(C(=O)Nc2cc(Br)ccc2Br)n1. The van der Waals surface area contributed by atoms with Gasteiger partial charge in [-0.05, 0) is 46.3 Å². The molecule has 0 saturated heterocycles. The lowest BCUT2D eigenvalue weighted by Crippen LogP contribution is -2.14. The van der Waals surface area contributed by atoms with Crippen LogP contribution in [-0.2, 0) is 0 Å². The smallest absolute Gasteiger partial charge is 0.274 e. The first-order valence-corrected chi connectivity index (χ1v) is 7.10. The highest BCUT2D eigenvalue weighted by Crippen LogP contribution is 2.26. The van der Waals surface area contributed by atoms with Crippen LogP contribution in [0.3, 0.4) is 0 Å². The Morgan fingerprint density at radius 1 is 1.21 bits per heavy atom. The van der Waals surface area contributed by atoms with Crippen molar-refractivity contribution >= 4 is 49.3 Å². The van der Waals surface area contributed by atoms with Crippen LogP contribution >= 0.6 is 31.9 Å². The molecule has 2 aromatic rings. The summed E-state index contributed by atoms with van der Waals surface area (Å²) in [4.78, 5) is 16.3. The minimum Gasteiger partial charge on any atom is -0.373 e. The Hall–Kier alpha value is -1.40. The van der Waals surface area contributed by atoms with Gasteiger partial charge in [-0.2, -0.15) is 0 Å². The van der Waals surface area contributed by atoms with Crippen LogP contribution in [0.5, 0.6) is 0 Å². The first-order chi connectivity index (χ1) is 9.10. The van der Waals surface area contributed by atoms with Gasteiger partial charge in [0.25, 0.3) is 5.91 Å². The minimum absolute atomic E-state index is 0.254. The first kappa shape index (κ1) is 14.0. The van der Waals surface area contributed by atoms with E-state index in [1.54, 1.807) is 25.2 Å². The van der Waals surface area contributed by atoms with Gasteiger partial charge in [-0.1, -0.05) is 22.0 Å². The van der Waals surface area contributed by atoms with Crippen LogP contribution in [0.15, 0.2) is 45.3 Å². The zero-order chi connectivity index (χ0) is 13.8. The average Bonchev–Trinajstić information content (AvgIpc) is 2.43. The molecule has 0 bridgehead atoms. The summed E-state index contributed by atoms with van der Waals surface area (Å²) in [6.45, 7) is 0. The van der Waals surface area contributed by atoms with Gasteiger partial charge in [-0.15, -0.1) is 0 Å². The quantitative estimate of drug-likeness (QED) is 0.843. The van der Waals surface area contributed by atoms with Gasteiger partial charge < -0.3 is 10.6 Å². The Morgan fingerprint density at radius 2 is 2.00 bits per heavy atom. The second kappa shape index (κ2) is 6.16. The van der Waals surface area contributed by atoms with Crippen LogP contribution in [0.25, 0.3) is 0 Å². The van der Waals surface area contributed by atoms with Crippen molar-refractivity contribution in [3.63, 3.8) is 0 Å². The lowest BCUT2D eigenvalue weighted by Gasteiger charge is -2.08.